The highest BCUT2D eigenvalue weighted by Gasteiger charge is 2.23. The van der Waals surface area contributed by atoms with Crippen LogP contribution in [0.15, 0.2) is 35.3 Å². The topological polar surface area (TPSA) is 131 Å². The fourth-order valence-corrected chi connectivity index (χ4v) is 2.25. The molecule has 10 heteroatoms. The second kappa shape index (κ2) is 14.7. The Kier molecular flexibility index (Phi) is 15.1. The predicted molar refractivity (Wildman–Crippen MR) is 111 cm³/mol. The van der Waals surface area contributed by atoms with E-state index < -0.39 is 24.0 Å². The van der Waals surface area contributed by atoms with Gasteiger partial charge in [-0.25, -0.2) is 4.79 Å². The minimum atomic E-state index is -1.09. The second-order valence-electron chi connectivity index (χ2n) is 5.26. The summed E-state index contributed by atoms with van der Waals surface area (Å²) in [5.41, 5.74) is 12.2. The third-order valence-electron chi connectivity index (χ3n) is 3.38. The number of amides is 1. The zero-order chi connectivity index (χ0) is 17.9. The number of nitrogens with one attached hydrogen (secondary N) is 1. The van der Waals surface area contributed by atoms with Crippen LogP contribution >= 0.6 is 36.6 Å². The number of amidine groups is 1. The molecule has 148 valence electrons. The zero-order valence-corrected chi connectivity index (χ0v) is 16.9. The number of carbonyl (C=O) groups excluding carboxylic acids is 1. The van der Waals surface area contributed by atoms with Gasteiger partial charge in [0.25, 0.3) is 0 Å². The van der Waals surface area contributed by atoms with Gasteiger partial charge in [-0.1, -0.05) is 42.1 Å². The number of carbonyl (C=O) groups is 2. The van der Waals surface area contributed by atoms with Crippen molar-refractivity contribution >= 4 is 53.6 Å². The van der Waals surface area contributed by atoms with Crippen molar-refractivity contribution in [3.05, 3.63) is 35.9 Å². The Morgan fingerprint density at radius 2 is 1.88 bits per heavy atom. The summed E-state index contributed by atoms with van der Waals surface area (Å²) in [6, 6.07) is 7.35. The summed E-state index contributed by atoms with van der Waals surface area (Å²) < 4.78 is 0. The van der Waals surface area contributed by atoms with Gasteiger partial charge in [-0.2, -0.15) is 0 Å². The zero-order valence-electron chi connectivity index (χ0n) is 14.5. The molecule has 0 bridgehead atoms. The van der Waals surface area contributed by atoms with E-state index in [0.29, 0.717) is 24.6 Å². The fraction of sp³-hybridized carbons (Fsp3) is 0.438. The van der Waals surface area contributed by atoms with E-state index in [0.717, 1.165) is 5.56 Å². The molecule has 0 aliphatic carbocycles. The summed E-state index contributed by atoms with van der Waals surface area (Å²) in [5.74, 6) is -1.56. The van der Waals surface area contributed by atoms with Gasteiger partial charge in [0.05, 0.1) is 6.04 Å². The maximum absolute atomic E-state index is 12.1. The Labute approximate surface area is 170 Å². The molecule has 0 unspecified atom stereocenters. The van der Waals surface area contributed by atoms with Crippen LogP contribution in [0.5, 0.6) is 0 Å². The highest BCUT2D eigenvalue weighted by Crippen LogP contribution is 2.05. The minimum absolute atomic E-state index is 0. The van der Waals surface area contributed by atoms with Crippen LogP contribution in [0, 0.1) is 0 Å². The first-order chi connectivity index (χ1) is 11.4. The number of carboxylic acid groups (broad SMARTS) is 1. The number of hydrogen-bond donors (Lipinski definition) is 4. The Bertz CT molecular complexity index is 576. The fourth-order valence-electron chi connectivity index (χ4n) is 2.02. The Hall–Kier alpha value is -1.48. The van der Waals surface area contributed by atoms with Crippen LogP contribution in [0.3, 0.4) is 0 Å². The molecule has 26 heavy (non-hydrogen) atoms. The summed E-state index contributed by atoms with van der Waals surface area (Å²) in [5, 5.41) is 12.3. The van der Waals surface area contributed by atoms with Crippen molar-refractivity contribution in [2.75, 3.05) is 12.8 Å². The Morgan fingerprint density at radius 3 is 2.42 bits per heavy atom. The predicted octanol–water partition coefficient (Wildman–Crippen LogP) is 1.43. The van der Waals surface area contributed by atoms with Crippen LogP contribution in [0.25, 0.3) is 0 Å². The molecule has 1 aromatic rings. The molecule has 7 nitrogen and oxygen atoms in total. The van der Waals surface area contributed by atoms with Crippen molar-refractivity contribution in [2.24, 2.45) is 16.5 Å². The van der Waals surface area contributed by atoms with Crippen molar-refractivity contribution in [1.82, 2.24) is 5.32 Å². The molecule has 1 aromatic carbocycles. The van der Waals surface area contributed by atoms with E-state index in [4.69, 9.17) is 11.5 Å². The number of hydrogen-bond acceptors (Lipinski definition) is 5. The van der Waals surface area contributed by atoms with E-state index in [9.17, 15) is 14.7 Å². The molecule has 0 heterocycles. The van der Waals surface area contributed by atoms with E-state index in [1.54, 1.807) is 0 Å². The Balaban J connectivity index is 0. The van der Waals surface area contributed by atoms with Gasteiger partial charge >= 0.3 is 5.97 Å². The van der Waals surface area contributed by atoms with Gasteiger partial charge in [-0.05, 0) is 24.7 Å². The quantitative estimate of drug-likeness (QED) is 0.269. The molecule has 0 spiro atoms. The van der Waals surface area contributed by atoms with Gasteiger partial charge in [0.15, 0.2) is 5.17 Å². The molecule has 0 radical (unpaired) electrons. The summed E-state index contributed by atoms with van der Waals surface area (Å²) in [4.78, 5) is 27.5. The third-order valence-corrected chi connectivity index (χ3v) is 3.93. The highest BCUT2D eigenvalue weighted by atomic mass is 35.5. The molecular formula is C16H26Cl2N4O3S. The van der Waals surface area contributed by atoms with Crippen LogP contribution in [0.1, 0.15) is 18.4 Å². The molecule has 1 amide bonds. The van der Waals surface area contributed by atoms with Crippen LogP contribution in [-0.2, 0) is 16.0 Å². The lowest BCUT2D eigenvalue weighted by molar-refractivity contribution is -0.142. The maximum atomic E-state index is 12.1. The van der Waals surface area contributed by atoms with Gasteiger partial charge in [0, 0.05) is 13.0 Å². The van der Waals surface area contributed by atoms with Crippen molar-refractivity contribution in [2.45, 2.75) is 31.3 Å². The Morgan fingerprint density at radius 1 is 1.27 bits per heavy atom. The number of nitrogens with zero attached hydrogens (tertiary/aromatic N) is 1. The van der Waals surface area contributed by atoms with Crippen LogP contribution in [0.4, 0.5) is 0 Å². The second-order valence-corrected chi connectivity index (χ2v) is 6.09. The van der Waals surface area contributed by atoms with Gasteiger partial charge in [-0.3, -0.25) is 9.79 Å². The first-order valence-corrected chi connectivity index (χ1v) is 8.83. The van der Waals surface area contributed by atoms with Gasteiger partial charge in [-0.15, -0.1) is 24.8 Å². The molecule has 6 N–H and O–H groups in total. The number of nitrogens with two attached hydrogens (primary N) is 2. The standard InChI is InChI=1S/C16H24N4O3S.2ClH/c1-24-16(18)19-9-5-8-12(17)14(21)20-13(15(22)23)10-11-6-3-2-4-7-11;;/h2-4,6-7,12-13H,5,8-10,17H2,1H3,(H2,18,19)(H,20,21)(H,22,23);2*1H/t12-,13-;;/m0../s1. The van der Waals surface area contributed by atoms with Crippen molar-refractivity contribution < 1.29 is 14.7 Å². The average molecular weight is 425 g/mol. The summed E-state index contributed by atoms with van der Waals surface area (Å²) in [6.45, 7) is 0.486. The summed E-state index contributed by atoms with van der Waals surface area (Å²) in [6.07, 6.45) is 3.06. The summed E-state index contributed by atoms with van der Waals surface area (Å²) >= 11 is 1.35. The van der Waals surface area contributed by atoms with Gasteiger partial charge in [0.1, 0.15) is 6.04 Å². The molecule has 0 aliphatic rings. The molecule has 0 saturated carbocycles. The SMILES string of the molecule is CSC(N)=NCCC[C@H](N)C(=O)N[C@@H](Cc1ccccc1)C(=O)O.Cl.Cl. The van der Waals surface area contributed by atoms with E-state index in [1.165, 1.54) is 11.8 Å². The molecular weight excluding hydrogens is 399 g/mol. The van der Waals surface area contributed by atoms with Gasteiger partial charge in [0.2, 0.25) is 5.91 Å². The molecule has 0 aliphatic heterocycles. The van der Waals surface area contributed by atoms with Gasteiger partial charge < -0.3 is 21.9 Å². The molecule has 1 rings (SSSR count). The maximum Gasteiger partial charge on any atom is 0.326 e. The minimum Gasteiger partial charge on any atom is -0.480 e. The lowest BCUT2D eigenvalue weighted by Gasteiger charge is -2.17. The smallest absolute Gasteiger partial charge is 0.326 e. The molecule has 0 aromatic heterocycles. The first kappa shape index (κ1) is 26.7. The number of benzene rings is 1. The number of halogens is 2. The molecule has 2 atom stereocenters. The van der Waals surface area contributed by atoms with E-state index in [1.807, 2.05) is 36.6 Å². The normalized spacial score (nSPS) is 12.9. The monoisotopic (exact) mass is 424 g/mol. The number of carboxylic acids is 1. The highest BCUT2D eigenvalue weighted by molar-refractivity contribution is 8.13. The van der Waals surface area contributed by atoms with Crippen LogP contribution in [-0.4, -0.2) is 47.0 Å². The largest absolute Gasteiger partial charge is 0.480 e. The van der Waals surface area contributed by atoms with E-state index in [-0.39, 0.29) is 31.2 Å². The lowest BCUT2D eigenvalue weighted by atomic mass is 10.0. The van der Waals surface area contributed by atoms with E-state index >= 15 is 0 Å². The van der Waals surface area contributed by atoms with E-state index in [2.05, 4.69) is 10.3 Å². The number of aliphatic imine (C=N–C) groups is 1. The number of rotatable bonds is 9. The average Bonchev–Trinajstić information content (AvgIpc) is 2.58. The first-order valence-electron chi connectivity index (χ1n) is 7.60. The third kappa shape index (κ3) is 10.5. The molecule has 0 fully saturated rings. The number of aliphatic carboxylic acids is 1. The van der Waals surface area contributed by atoms with Crippen LogP contribution in [0.2, 0.25) is 0 Å². The van der Waals surface area contributed by atoms with Crippen molar-refractivity contribution in [1.29, 1.82) is 0 Å². The molecule has 0 saturated heterocycles. The van der Waals surface area contributed by atoms with Crippen LogP contribution < -0.4 is 16.8 Å². The van der Waals surface area contributed by atoms with Crippen molar-refractivity contribution in [3.8, 4) is 0 Å². The summed E-state index contributed by atoms with van der Waals surface area (Å²) in [7, 11) is 0. The van der Waals surface area contributed by atoms with Crippen molar-refractivity contribution in [3.63, 3.8) is 0 Å². The lowest BCUT2D eigenvalue weighted by Crippen LogP contribution is -2.49. The number of thioether (sulfide) groups is 1.